The van der Waals surface area contributed by atoms with E-state index in [9.17, 15) is 0 Å². The Morgan fingerprint density at radius 1 is 1.29 bits per heavy atom. The van der Waals surface area contributed by atoms with Crippen molar-refractivity contribution in [2.45, 2.75) is 32.7 Å². The van der Waals surface area contributed by atoms with Gasteiger partial charge in [-0.05, 0) is 23.5 Å². The van der Waals surface area contributed by atoms with E-state index in [-0.39, 0.29) is 0 Å². The van der Waals surface area contributed by atoms with Crippen molar-refractivity contribution in [3.8, 4) is 0 Å². The molecule has 92 valence electrons. The minimum Gasteiger partial charge on any atom is -0.361 e. The predicted molar refractivity (Wildman–Crippen MR) is 76.7 cm³/mol. The van der Waals surface area contributed by atoms with E-state index in [1.807, 2.05) is 11.8 Å². The molecule has 3 heteroatoms. The van der Waals surface area contributed by atoms with Crippen molar-refractivity contribution in [1.82, 2.24) is 5.32 Å². The summed E-state index contributed by atoms with van der Waals surface area (Å²) in [6.07, 6.45) is 1.21. The fourth-order valence-electron chi connectivity index (χ4n) is 1.76. The van der Waals surface area contributed by atoms with Gasteiger partial charge in [-0.3, -0.25) is 4.99 Å². The number of amidine groups is 1. The van der Waals surface area contributed by atoms with E-state index in [1.54, 1.807) is 0 Å². The average Bonchev–Trinajstić information content (AvgIpc) is 2.38. The molecule has 0 unspecified atom stereocenters. The quantitative estimate of drug-likeness (QED) is 0.886. The van der Waals surface area contributed by atoms with Gasteiger partial charge < -0.3 is 5.32 Å². The van der Waals surface area contributed by atoms with Crippen molar-refractivity contribution in [2.75, 3.05) is 12.3 Å². The van der Waals surface area contributed by atoms with Crippen molar-refractivity contribution in [2.24, 2.45) is 4.99 Å². The Bertz CT molecular complexity index is 382. The topological polar surface area (TPSA) is 24.4 Å². The SMILES string of the molecule is CC(C)c1ccc(CNC2=NCCCS2)cc1. The molecule has 0 radical (unpaired) electrons. The molecular formula is C14H20N2S. The summed E-state index contributed by atoms with van der Waals surface area (Å²) in [4.78, 5) is 4.46. The predicted octanol–water partition coefficient (Wildman–Crippen LogP) is 3.39. The summed E-state index contributed by atoms with van der Waals surface area (Å²) < 4.78 is 0. The summed E-state index contributed by atoms with van der Waals surface area (Å²) >= 11 is 1.83. The molecule has 17 heavy (non-hydrogen) atoms. The first kappa shape index (κ1) is 12.5. The van der Waals surface area contributed by atoms with E-state index in [1.165, 1.54) is 23.3 Å². The van der Waals surface area contributed by atoms with Crippen molar-refractivity contribution >= 4 is 16.9 Å². The van der Waals surface area contributed by atoms with Crippen LogP contribution in [-0.4, -0.2) is 17.5 Å². The van der Waals surface area contributed by atoms with Gasteiger partial charge in [-0.25, -0.2) is 0 Å². The third-order valence-corrected chi connectivity index (χ3v) is 3.93. The molecule has 2 nitrogen and oxygen atoms in total. The zero-order chi connectivity index (χ0) is 12.1. The molecule has 0 saturated heterocycles. The van der Waals surface area contributed by atoms with Crippen molar-refractivity contribution < 1.29 is 0 Å². The zero-order valence-electron chi connectivity index (χ0n) is 10.6. The first-order valence-electron chi connectivity index (χ1n) is 6.25. The standard InChI is InChI=1S/C14H20N2S/c1-11(2)13-6-4-12(5-7-13)10-16-14-15-8-3-9-17-14/h4-7,11H,3,8-10H2,1-2H3,(H,15,16). The Hall–Kier alpha value is -0.960. The molecule has 0 fully saturated rings. The number of nitrogens with zero attached hydrogens (tertiary/aromatic N) is 1. The first-order valence-corrected chi connectivity index (χ1v) is 7.24. The highest BCUT2D eigenvalue weighted by atomic mass is 32.2. The number of nitrogens with one attached hydrogen (secondary N) is 1. The molecule has 1 aliphatic rings. The monoisotopic (exact) mass is 248 g/mol. The molecule has 0 bridgehead atoms. The average molecular weight is 248 g/mol. The Kier molecular flexibility index (Phi) is 4.49. The van der Waals surface area contributed by atoms with Crippen LogP contribution >= 0.6 is 11.8 Å². The molecule has 1 aromatic carbocycles. The van der Waals surface area contributed by atoms with Crippen LogP contribution in [0, 0.1) is 0 Å². The molecule has 0 saturated carbocycles. The molecule has 0 amide bonds. The van der Waals surface area contributed by atoms with Crippen LogP contribution in [0.25, 0.3) is 0 Å². The van der Waals surface area contributed by atoms with Crippen LogP contribution in [-0.2, 0) is 6.54 Å². The number of hydrogen-bond donors (Lipinski definition) is 1. The van der Waals surface area contributed by atoms with Gasteiger partial charge >= 0.3 is 0 Å². The van der Waals surface area contributed by atoms with E-state index in [2.05, 4.69) is 48.4 Å². The number of aliphatic imine (C=N–C) groups is 1. The highest BCUT2D eigenvalue weighted by Gasteiger charge is 2.05. The third kappa shape index (κ3) is 3.77. The van der Waals surface area contributed by atoms with Crippen LogP contribution < -0.4 is 5.32 Å². The van der Waals surface area contributed by atoms with Gasteiger partial charge in [-0.15, -0.1) is 0 Å². The molecular weight excluding hydrogens is 228 g/mol. The summed E-state index contributed by atoms with van der Waals surface area (Å²) in [5.74, 6) is 1.80. The van der Waals surface area contributed by atoms with E-state index < -0.39 is 0 Å². The van der Waals surface area contributed by atoms with Crippen LogP contribution in [0.5, 0.6) is 0 Å². The van der Waals surface area contributed by atoms with Crippen LogP contribution in [0.2, 0.25) is 0 Å². The Balaban J connectivity index is 1.88. The Labute approximate surface area is 108 Å². The smallest absolute Gasteiger partial charge is 0.156 e. The van der Waals surface area contributed by atoms with Crippen LogP contribution in [0.15, 0.2) is 29.3 Å². The van der Waals surface area contributed by atoms with Crippen LogP contribution in [0.3, 0.4) is 0 Å². The summed E-state index contributed by atoms with van der Waals surface area (Å²) in [5, 5.41) is 4.50. The van der Waals surface area contributed by atoms with E-state index in [0.29, 0.717) is 5.92 Å². The summed E-state index contributed by atoms with van der Waals surface area (Å²) in [6, 6.07) is 8.85. The maximum Gasteiger partial charge on any atom is 0.156 e. The molecule has 2 rings (SSSR count). The lowest BCUT2D eigenvalue weighted by Crippen LogP contribution is -2.22. The highest BCUT2D eigenvalue weighted by molar-refractivity contribution is 8.13. The molecule has 1 aliphatic heterocycles. The minimum atomic E-state index is 0.607. The third-order valence-electron chi connectivity index (χ3n) is 2.89. The van der Waals surface area contributed by atoms with E-state index in [4.69, 9.17) is 0 Å². The molecule has 0 spiro atoms. The van der Waals surface area contributed by atoms with Crippen LogP contribution in [0.1, 0.15) is 37.3 Å². The molecule has 0 aromatic heterocycles. The van der Waals surface area contributed by atoms with Gasteiger partial charge in [0.1, 0.15) is 0 Å². The maximum absolute atomic E-state index is 4.46. The molecule has 0 aliphatic carbocycles. The number of rotatable bonds is 3. The van der Waals surface area contributed by atoms with E-state index >= 15 is 0 Å². The number of hydrogen-bond acceptors (Lipinski definition) is 3. The van der Waals surface area contributed by atoms with Gasteiger partial charge in [0.05, 0.1) is 0 Å². The van der Waals surface area contributed by atoms with Gasteiger partial charge in [-0.2, -0.15) is 0 Å². The largest absolute Gasteiger partial charge is 0.361 e. The molecule has 0 atom stereocenters. The molecule has 1 aromatic rings. The van der Waals surface area contributed by atoms with Gasteiger partial charge in [0.25, 0.3) is 0 Å². The molecule has 1 heterocycles. The summed E-state index contributed by atoms with van der Waals surface area (Å²) in [7, 11) is 0. The first-order chi connectivity index (χ1) is 8.25. The van der Waals surface area contributed by atoms with Gasteiger partial charge in [0.15, 0.2) is 5.17 Å². The van der Waals surface area contributed by atoms with E-state index in [0.717, 1.165) is 18.3 Å². The fraction of sp³-hybridized carbons (Fsp3) is 0.500. The minimum absolute atomic E-state index is 0.607. The molecule has 1 N–H and O–H groups in total. The lowest BCUT2D eigenvalue weighted by Gasteiger charge is -2.13. The van der Waals surface area contributed by atoms with Crippen molar-refractivity contribution in [1.29, 1.82) is 0 Å². The maximum atomic E-state index is 4.46. The van der Waals surface area contributed by atoms with Gasteiger partial charge in [0, 0.05) is 18.8 Å². The lowest BCUT2D eigenvalue weighted by molar-refractivity contribution is 0.857. The van der Waals surface area contributed by atoms with Gasteiger partial charge in [-0.1, -0.05) is 49.9 Å². The summed E-state index contributed by atoms with van der Waals surface area (Å²) in [5.41, 5.74) is 2.72. The second-order valence-electron chi connectivity index (χ2n) is 4.64. The Morgan fingerprint density at radius 3 is 2.65 bits per heavy atom. The van der Waals surface area contributed by atoms with Crippen molar-refractivity contribution in [3.63, 3.8) is 0 Å². The van der Waals surface area contributed by atoms with Crippen LogP contribution in [0.4, 0.5) is 0 Å². The summed E-state index contributed by atoms with van der Waals surface area (Å²) in [6.45, 7) is 6.30. The zero-order valence-corrected chi connectivity index (χ0v) is 11.4. The number of benzene rings is 1. The normalized spacial score (nSPS) is 15.8. The highest BCUT2D eigenvalue weighted by Crippen LogP contribution is 2.15. The Morgan fingerprint density at radius 2 is 2.06 bits per heavy atom. The fourth-order valence-corrected chi connectivity index (χ4v) is 2.59. The lowest BCUT2D eigenvalue weighted by atomic mass is 10.0. The van der Waals surface area contributed by atoms with Crippen molar-refractivity contribution in [3.05, 3.63) is 35.4 Å². The second-order valence-corrected chi connectivity index (χ2v) is 5.72. The van der Waals surface area contributed by atoms with Gasteiger partial charge in [0.2, 0.25) is 0 Å². The number of thioether (sulfide) groups is 1. The second kappa shape index (κ2) is 6.10.